The molecule has 3 rings (SSSR count). The number of carboxylic acid groups (broad SMARTS) is 1. The summed E-state index contributed by atoms with van der Waals surface area (Å²) in [4.78, 5) is 26.1. The number of rotatable bonds is 2. The zero-order valence-corrected chi connectivity index (χ0v) is 12.1. The quantitative estimate of drug-likeness (QED) is 0.845. The molecule has 0 spiro atoms. The molecular weight excluding hydrogens is 254 g/mol. The van der Waals surface area contributed by atoms with Crippen LogP contribution in [0.5, 0.6) is 0 Å². The minimum atomic E-state index is -0.715. The molecule has 4 nitrogen and oxygen atoms in total. The third kappa shape index (κ3) is 2.45. The van der Waals surface area contributed by atoms with Crippen LogP contribution < -0.4 is 0 Å². The van der Waals surface area contributed by atoms with Crippen molar-refractivity contribution in [3.8, 4) is 0 Å². The molecule has 20 heavy (non-hydrogen) atoms. The van der Waals surface area contributed by atoms with Gasteiger partial charge in [0.1, 0.15) is 0 Å². The van der Waals surface area contributed by atoms with Gasteiger partial charge in [0.05, 0.1) is 5.92 Å². The topological polar surface area (TPSA) is 57.6 Å². The van der Waals surface area contributed by atoms with Gasteiger partial charge in [0, 0.05) is 18.0 Å². The van der Waals surface area contributed by atoms with E-state index in [2.05, 4.69) is 0 Å². The van der Waals surface area contributed by atoms with Crippen LogP contribution in [0.15, 0.2) is 0 Å². The maximum atomic E-state index is 12.8. The molecule has 0 radical (unpaired) electrons. The number of carbonyl (C=O) groups is 2. The Hall–Kier alpha value is -1.06. The molecule has 3 fully saturated rings. The second-order valence-electron chi connectivity index (χ2n) is 6.77. The van der Waals surface area contributed by atoms with Crippen molar-refractivity contribution in [2.75, 3.05) is 0 Å². The third-order valence-electron chi connectivity index (χ3n) is 5.56. The minimum Gasteiger partial charge on any atom is -0.481 e. The molecule has 112 valence electrons. The number of aliphatic carboxylic acids is 1. The van der Waals surface area contributed by atoms with Gasteiger partial charge in [0.15, 0.2) is 0 Å². The molecule has 1 aliphatic carbocycles. The first-order valence-electron chi connectivity index (χ1n) is 8.23. The lowest BCUT2D eigenvalue weighted by Crippen LogP contribution is -2.41. The molecule has 0 aromatic heterocycles. The summed E-state index contributed by atoms with van der Waals surface area (Å²) in [5, 5.41) is 9.29. The highest BCUT2D eigenvalue weighted by Gasteiger charge is 2.52. The van der Waals surface area contributed by atoms with Crippen molar-refractivity contribution in [1.82, 2.24) is 4.90 Å². The maximum Gasteiger partial charge on any atom is 0.308 e. The lowest BCUT2D eigenvalue weighted by Gasteiger charge is -2.29. The fourth-order valence-electron chi connectivity index (χ4n) is 4.51. The fourth-order valence-corrected chi connectivity index (χ4v) is 4.51. The smallest absolute Gasteiger partial charge is 0.308 e. The number of carboxylic acids is 1. The Kier molecular flexibility index (Phi) is 3.99. The van der Waals surface area contributed by atoms with E-state index in [-0.39, 0.29) is 29.8 Å². The Labute approximate surface area is 120 Å². The van der Waals surface area contributed by atoms with E-state index in [9.17, 15) is 14.7 Å². The first kappa shape index (κ1) is 13.9. The average molecular weight is 279 g/mol. The molecule has 3 unspecified atom stereocenters. The van der Waals surface area contributed by atoms with Gasteiger partial charge in [0.25, 0.3) is 0 Å². The van der Waals surface area contributed by atoms with E-state index in [0.717, 1.165) is 38.5 Å². The van der Waals surface area contributed by atoms with Crippen LogP contribution in [0.2, 0.25) is 0 Å². The molecule has 1 amide bonds. The molecule has 1 N–H and O–H groups in total. The fraction of sp³-hybridized carbons (Fsp3) is 0.875. The van der Waals surface area contributed by atoms with E-state index < -0.39 is 5.97 Å². The number of nitrogens with zero attached hydrogens (tertiary/aromatic N) is 1. The molecule has 1 saturated carbocycles. The summed E-state index contributed by atoms with van der Waals surface area (Å²) in [7, 11) is 0. The lowest BCUT2D eigenvalue weighted by molar-refractivity contribution is -0.143. The van der Waals surface area contributed by atoms with Crippen LogP contribution in [0.1, 0.15) is 64.2 Å². The molecule has 2 bridgehead atoms. The highest BCUT2D eigenvalue weighted by atomic mass is 16.4. The van der Waals surface area contributed by atoms with Crippen LogP contribution in [-0.4, -0.2) is 34.0 Å². The third-order valence-corrected chi connectivity index (χ3v) is 5.56. The van der Waals surface area contributed by atoms with Crippen molar-refractivity contribution in [1.29, 1.82) is 0 Å². The average Bonchev–Trinajstić information content (AvgIpc) is 2.94. The predicted molar refractivity (Wildman–Crippen MR) is 75.2 cm³/mol. The molecule has 2 aliphatic heterocycles. The van der Waals surface area contributed by atoms with Crippen molar-refractivity contribution in [3.63, 3.8) is 0 Å². The summed E-state index contributed by atoms with van der Waals surface area (Å²) in [5.41, 5.74) is 0. The predicted octanol–water partition coefficient (Wildman–Crippen LogP) is 2.81. The normalized spacial score (nSPS) is 34.8. The van der Waals surface area contributed by atoms with Gasteiger partial charge in [-0.25, -0.2) is 0 Å². The van der Waals surface area contributed by atoms with E-state index in [1.165, 1.54) is 19.3 Å². The van der Waals surface area contributed by atoms with Crippen LogP contribution in [0, 0.1) is 11.8 Å². The van der Waals surface area contributed by atoms with Gasteiger partial charge in [-0.3, -0.25) is 9.59 Å². The summed E-state index contributed by atoms with van der Waals surface area (Å²) >= 11 is 0. The van der Waals surface area contributed by atoms with E-state index in [4.69, 9.17) is 0 Å². The van der Waals surface area contributed by atoms with Crippen LogP contribution in [0.4, 0.5) is 0 Å². The van der Waals surface area contributed by atoms with Crippen LogP contribution in [-0.2, 0) is 9.59 Å². The second kappa shape index (κ2) is 5.74. The van der Waals surface area contributed by atoms with E-state index in [0.29, 0.717) is 6.42 Å². The summed E-state index contributed by atoms with van der Waals surface area (Å²) in [6.45, 7) is 0. The van der Waals surface area contributed by atoms with Crippen LogP contribution in [0.3, 0.4) is 0 Å². The molecule has 2 saturated heterocycles. The van der Waals surface area contributed by atoms with E-state index >= 15 is 0 Å². The van der Waals surface area contributed by atoms with Gasteiger partial charge in [-0.1, -0.05) is 32.1 Å². The molecule has 3 aliphatic rings. The van der Waals surface area contributed by atoms with Gasteiger partial charge < -0.3 is 10.0 Å². The number of fused-ring (bicyclic) bond motifs is 2. The van der Waals surface area contributed by atoms with Gasteiger partial charge >= 0.3 is 5.97 Å². The van der Waals surface area contributed by atoms with Crippen LogP contribution >= 0.6 is 0 Å². The van der Waals surface area contributed by atoms with Crippen molar-refractivity contribution in [2.24, 2.45) is 11.8 Å². The number of hydrogen-bond acceptors (Lipinski definition) is 2. The molecule has 0 aromatic carbocycles. The van der Waals surface area contributed by atoms with Gasteiger partial charge in [-0.2, -0.15) is 0 Å². The summed E-state index contributed by atoms with van der Waals surface area (Å²) in [6.07, 6.45) is 10.7. The summed E-state index contributed by atoms with van der Waals surface area (Å²) in [6, 6.07) is 0.189. The zero-order chi connectivity index (χ0) is 14.1. The van der Waals surface area contributed by atoms with Crippen LogP contribution in [0.25, 0.3) is 0 Å². The monoisotopic (exact) mass is 279 g/mol. The van der Waals surface area contributed by atoms with Gasteiger partial charge in [-0.15, -0.1) is 0 Å². The first-order valence-corrected chi connectivity index (χ1v) is 8.23. The maximum absolute atomic E-state index is 12.8. The Balaban J connectivity index is 1.69. The highest BCUT2D eigenvalue weighted by Crippen LogP contribution is 2.43. The Morgan fingerprint density at radius 2 is 1.55 bits per heavy atom. The zero-order valence-electron chi connectivity index (χ0n) is 12.1. The number of hydrogen-bond donors (Lipinski definition) is 1. The summed E-state index contributed by atoms with van der Waals surface area (Å²) in [5.74, 6) is -0.604. The number of amides is 1. The standard InChI is InChI=1S/C16H25NO3/c18-15(11-6-4-2-1-3-5-7-11)17-12-8-9-14(17)13(10-12)16(19)20/h11-14H,1-10H2,(H,19,20). The molecule has 0 aromatic rings. The lowest BCUT2D eigenvalue weighted by atomic mass is 9.89. The minimum absolute atomic E-state index is 0.0181. The van der Waals surface area contributed by atoms with Gasteiger partial charge in [-0.05, 0) is 32.1 Å². The van der Waals surface area contributed by atoms with Gasteiger partial charge in [0.2, 0.25) is 5.91 Å². The van der Waals surface area contributed by atoms with E-state index in [1.807, 2.05) is 4.90 Å². The Morgan fingerprint density at radius 1 is 0.900 bits per heavy atom. The van der Waals surface area contributed by atoms with Crippen molar-refractivity contribution in [2.45, 2.75) is 76.3 Å². The largest absolute Gasteiger partial charge is 0.481 e. The number of carbonyl (C=O) groups excluding carboxylic acids is 1. The van der Waals surface area contributed by atoms with Crippen molar-refractivity contribution in [3.05, 3.63) is 0 Å². The SMILES string of the molecule is O=C(O)C1CC2CCC1N2C(=O)C1CCCCCCC1. The molecule has 3 atom stereocenters. The Morgan fingerprint density at radius 3 is 2.15 bits per heavy atom. The Bertz CT molecular complexity index is 387. The second-order valence-corrected chi connectivity index (χ2v) is 6.77. The van der Waals surface area contributed by atoms with E-state index in [1.54, 1.807) is 0 Å². The highest BCUT2D eigenvalue weighted by molar-refractivity contribution is 5.82. The van der Waals surface area contributed by atoms with Crippen molar-refractivity contribution < 1.29 is 14.7 Å². The first-order chi connectivity index (χ1) is 9.68. The summed E-state index contributed by atoms with van der Waals surface area (Å²) < 4.78 is 0. The van der Waals surface area contributed by atoms with Crippen molar-refractivity contribution >= 4 is 11.9 Å². The molecule has 4 heteroatoms. The molecular formula is C16H25NO3. The molecule has 2 heterocycles.